The van der Waals surface area contributed by atoms with Crippen LogP contribution in [0.3, 0.4) is 0 Å². The molecule has 3 nitrogen and oxygen atoms in total. The smallest absolute Gasteiger partial charge is 0.222 e. The standard InChI is InChI=1S/C11H11FN2O/c12-9-4-1-8(2-5-9)3-6-10-7-11(13)15-14-10/h1-2,4-5,7H,3,6,13H2. The number of hydrogen-bond acceptors (Lipinski definition) is 3. The Kier molecular flexibility index (Phi) is 2.67. The van der Waals surface area contributed by atoms with Gasteiger partial charge in [0.15, 0.2) is 0 Å². The van der Waals surface area contributed by atoms with Crippen molar-refractivity contribution in [2.45, 2.75) is 12.8 Å². The summed E-state index contributed by atoms with van der Waals surface area (Å²) in [7, 11) is 0. The number of aryl methyl sites for hydroxylation is 2. The van der Waals surface area contributed by atoms with Gasteiger partial charge in [0, 0.05) is 6.07 Å². The van der Waals surface area contributed by atoms with E-state index in [-0.39, 0.29) is 5.82 Å². The first-order valence-electron chi connectivity index (χ1n) is 4.69. The average molecular weight is 206 g/mol. The molecule has 2 aromatic rings. The molecule has 15 heavy (non-hydrogen) atoms. The number of anilines is 1. The van der Waals surface area contributed by atoms with Crippen molar-refractivity contribution < 1.29 is 8.91 Å². The summed E-state index contributed by atoms with van der Waals surface area (Å²) in [6, 6.07) is 8.13. The molecule has 0 aliphatic carbocycles. The molecule has 1 heterocycles. The van der Waals surface area contributed by atoms with E-state index >= 15 is 0 Å². The zero-order valence-electron chi connectivity index (χ0n) is 8.11. The number of nitrogen functional groups attached to an aromatic ring is 1. The van der Waals surface area contributed by atoms with Crippen molar-refractivity contribution in [3.8, 4) is 0 Å². The number of aromatic nitrogens is 1. The van der Waals surface area contributed by atoms with Crippen LogP contribution in [-0.2, 0) is 12.8 Å². The van der Waals surface area contributed by atoms with Crippen molar-refractivity contribution in [3.63, 3.8) is 0 Å². The lowest BCUT2D eigenvalue weighted by atomic mass is 10.1. The van der Waals surface area contributed by atoms with Gasteiger partial charge in [-0.25, -0.2) is 4.39 Å². The third kappa shape index (κ3) is 2.56. The van der Waals surface area contributed by atoms with E-state index in [1.54, 1.807) is 18.2 Å². The molecule has 0 aliphatic heterocycles. The Morgan fingerprint density at radius 1 is 1.20 bits per heavy atom. The molecule has 2 N–H and O–H groups in total. The first kappa shape index (κ1) is 9.71. The van der Waals surface area contributed by atoms with E-state index in [0.717, 1.165) is 24.1 Å². The Labute approximate surface area is 86.7 Å². The molecule has 4 heteroatoms. The maximum absolute atomic E-state index is 12.6. The maximum atomic E-state index is 12.6. The summed E-state index contributed by atoms with van der Waals surface area (Å²) in [5, 5.41) is 3.77. The van der Waals surface area contributed by atoms with Gasteiger partial charge in [0.1, 0.15) is 5.82 Å². The quantitative estimate of drug-likeness (QED) is 0.837. The van der Waals surface area contributed by atoms with Gasteiger partial charge in [0.2, 0.25) is 5.88 Å². The number of benzene rings is 1. The zero-order valence-corrected chi connectivity index (χ0v) is 8.11. The lowest BCUT2D eigenvalue weighted by molar-refractivity contribution is 0.427. The van der Waals surface area contributed by atoms with Crippen LogP contribution in [0.1, 0.15) is 11.3 Å². The summed E-state index contributed by atoms with van der Waals surface area (Å²) < 4.78 is 17.3. The van der Waals surface area contributed by atoms with E-state index in [2.05, 4.69) is 5.16 Å². The highest BCUT2D eigenvalue weighted by Crippen LogP contribution is 2.09. The molecule has 0 spiro atoms. The van der Waals surface area contributed by atoms with Crippen LogP contribution in [0.4, 0.5) is 10.3 Å². The highest BCUT2D eigenvalue weighted by Gasteiger charge is 2.01. The van der Waals surface area contributed by atoms with Gasteiger partial charge in [-0.15, -0.1) is 0 Å². The Bertz CT molecular complexity index is 436. The van der Waals surface area contributed by atoms with Gasteiger partial charge in [0.05, 0.1) is 5.69 Å². The minimum absolute atomic E-state index is 0.218. The number of halogens is 1. The molecule has 0 fully saturated rings. The van der Waals surface area contributed by atoms with E-state index in [1.165, 1.54) is 12.1 Å². The molecular formula is C11H11FN2O. The normalized spacial score (nSPS) is 10.5. The van der Waals surface area contributed by atoms with Gasteiger partial charge < -0.3 is 10.3 Å². The van der Waals surface area contributed by atoms with Gasteiger partial charge in [-0.3, -0.25) is 0 Å². The monoisotopic (exact) mass is 206 g/mol. The minimum Gasteiger partial charge on any atom is -0.368 e. The van der Waals surface area contributed by atoms with Gasteiger partial charge in [-0.2, -0.15) is 0 Å². The second-order valence-corrected chi connectivity index (χ2v) is 3.35. The molecule has 78 valence electrons. The molecule has 0 radical (unpaired) electrons. The summed E-state index contributed by atoms with van der Waals surface area (Å²) in [4.78, 5) is 0. The first-order chi connectivity index (χ1) is 7.24. The number of rotatable bonds is 3. The zero-order chi connectivity index (χ0) is 10.7. The largest absolute Gasteiger partial charge is 0.368 e. The van der Waals surface area contributed by atoms with Crippen molar-refractivity contribution >= 4 is 5.88 Å². The number of nitrogens with two attached hydrogens (primary N) is 1. The Hall–Kier alpha value is -1.84. The van der Waals surface area contributed by atoms with Crippen LogP contribution in [0.2, 0.25) is 0 Å². The van der Waals surface area contributed by atoms with Crippen LogP contribution < -0.4 is 5.73 Å². The van der Waals surface area contributed by atoms with Crippen LogP contribution in [0.25, 0.3) is 0 Å². The van der Waals surface area contributed by atoms with Gasteiger partial charge >= 0.3 is 0 Å². The number of nitrogens with zero attached hydrogens (tertiary/aromatic N) is 1. The predicted octanol–water partition coefficient (Wildman–Crippen LogP) is 2.18. The predicted molar refractivity (Wildman–Crippen MR) is 54.7 cm³/mol. The van der Waals surface area contributed by atoms with E-state index in [4.69, 9.17) is 10.3 Å². The molecule has 0 aliphatic rings. The summed E-state index contributed by atoms with van der Waals surface area (Å²) in [5.74, 6) is 0.105. The van der Waals surface area contributed by atoms with Crippen LogP contribution in [0, 0.1) is 5.82 Å². The second-order valence-electron chi connectivity index (χ2n) is 3.35. The van der Waals surface area contributed by atoms with Crippen LogP contribution >= 0.6 is 0 Å². The van der Waals surface area contributed by atoms with Crippen molar-refractivity contribution in [3.05, 3.63) is 47.4 Å². The van der Waals surface area contributed by atoms with Crippen LogP contribution in [-0.4, -0.2) is 5.16 Å². The molecule has 0 atom stereocenters. The SMILES string of the molecule is Nc1cc(CCc2ccc(F)cc2)no1. The summed E-state index contributed by atoms with van der Waals surface area (Å²) in [5.41, 5.74) is 7.27. The van der Waals surface area contributed by atoms with E-state index in [9.17, 15) is 4.39 Å². The van der Waals surface area contributed by atoms with Gasteiger partial charge in [0.25, 0.3) is 0 Å². The molecule has 1 aromatic carbocycles. The highest BCUT2D eigenvalue weighted by molar-refractivity contribution is 5.25. The summed E-state index contributed by atoms with van der Waals surface area (Å²) >= 11 is 0. The highest BCUT2D eigenvalue weighted by atomic mass is 19.1. The number of hydrogen-bond donors (Lipinski definition) is 1. The third-order valence-electron chi connectivity index (χ3n) is 2.16. The van der Waals surface area contributed by atoms with E-state index < -0.39 is 0 Å². The summed E-state index contributed by atoms with van der Waals surface area (Å²) in [6.07, 6.45) is 1.54. The fourth-order valence-corrected chi connectivity index (χ4v) is 1.37. The molecule has 2 rings (SSSR count). The molecule has 0 unspecified atom stereocenters. The second kappa shape index (κ2) is 4.13. The van der Waals surface area contributed by atoms with Crippen LogP contribution in [0.15, 0.2) is 34.9 Å². The minimum atomic E-state index is -0.218. The fraction of sp³-hybridized carbons (Fsp3) is 0.182. The van der Waals surface area contributed by atoms with Crippen molar-refractivity contribution in [2.75, 3.05) is 5.73 Å². The summed E-state index contributed by atoms with van der Waals surface area (Å²) in [6.45, 7) is 0. The molecule has 1 aromatic heterocycles. The van der Waals surface area contributed by atoms with E-state index in [1.807, 2.05) is 0 Å². The van der Waals surface area contributed by atoms with Crippen molar-refractivity contribution in [1.29, 1.82) is 0 Å². The van der Waals surface area contributed by atoms with Crippen LogP contribution in [0.5, 0.6) is 0 Å². The Morgan fingerprint density at radius 2 is 1.93 bits per heavy atom. The molecule has 0 bridgehead atoms. The van der Waals surface area contributed by atoms with E-state index in [0.29, 0.717) is 5.88 Å². The first-order valence-corrected chi connectivity index (χ1v) is 4.69. The maximum Gasteiger partial charge on any atom is 0.222 e. The third-order valence-corrected chi connectivity index (χ3v) is 2.16. The fourth-order valence-electron chi connectivity index (χ4n) is 1.37. The molecule has 0 amide bonds. The Morgan fingerprint density at radius 3 is 2.53 bits per heavy atom. The lowest BCUT2D eigenvalue weighted by Gasteiger charge is -1.97. The average Bonchev–Trinajstić information content (AvgIpc) is 2.64. The topological polar surface area (TPSA) is 52.0 Å². The van der Waals surface area contributed by atoms with Gasteiger partial charge in [-0.05, 0) is 30.5 Å². The Balaban J connectivity index is 1.96. The molecule has 0 saturated carbocycles. The molecule has 0 saturated heterocycles. The van der Waals surface area contributed by atoms with Crippen molar-refractivity contribution in [2.24, 2.45) is 0 Å². The van der Waals surface area contributed by atoms with Gasteiger partial charge in [-0.1, -0.05) is 17.3 Å². The molecular weight excluding hydrogens is 195 g/mol. The lowest BCUT2D eigenvalue weighted by Crippen LogP contribution is -1.91. The van der Waals surface area contributed by atoms with Crippen molar-refractivity contribution in [1.82, 2.24) is 5.16 Å².